The first kappa shape index (κ1) is 26.5. The number of hydrogen-bond donors (Lipinski definition) is 4. The number of ether oxygens (including phenoxy) is 1. The van der Waals surface area contributed by atoms with Gasteiger partial charge in [-0.05, 0) is 65.1 Å². The maximum Gasteiger partial charge on any atom is 0.354 e. The molecule has 10 nitrogen and oxygen atoms in total. The Morgan fingerprint density at radius 2 is 1.74 bits per heavy atom. The number of carboxylic acids is 1. The summed E-state index contributed by atoms with van der Waals surface area (Å²) in [6, 6.07) is 10.1. The van der Waals surface area contributed by atoms with Gasteiger partial charge < -0.3 is 31.2 Å². The number of nitrogens with zero attached hydrogens (tertiary/aromatic N) is 2. The van der Waals surface area contributed by atoms with Crippen molar-refractivity contribution < 1.29 is 33.0 Å². The molecule has 0 saturated carbocycles. The number of carbonyl (C=O) groups is 3. The average Bonchev–Trinajstić information content (AvgIpc) is 3.21. The molecule has 0 saturated heterocycles. The normalized spacial score (nSPS) is 10.7. The topological polar surface area (TPSA) is 163 Å². The van der Waals surface area contributed by atoms with Crippen molar-refractivity contribution in [1.82, 2.24) is 9.55 Å². The van der Waals surface area contributed by atoms with Crippen LogP contribution in [0.15, 0.2) is 54.7 Å². The van der Waals surface area contributed by atoms with E-state index in [1.165, 1.54) is 41.9 Å². The molecule has 1 aromatic heterocycles. The molecule has 4 rings (SSSR count). The molecule has 0 spiro atoms. The zero-order valence-corrected chi connectivity index (χ0v) is 21.6. The number of imidazole rings is 1. The predicted molar refractivity (Wildman–Crippen MR) is 142 cm³/mol. The molecule has 13 heteroatoms. The Hall–Kier alpha value is -4.53. The molecule has 0 aliphatic rings. The van der Waals surface area contributed by atoms with E-state index in [0.29, 0.717) is 3.57 Å². The molecule has 194 valence electrons. The lowest BCUT2D eigenvalue weighted by Gasteiger charge is -2.18. The molecule has 2 amide bonds. The predicted octanol–water partition coefficient (Wildman–Crippen LogP) is 4.40. The highest BCUT2D eigenvalue weighted by molar-refractivity contribution is 14.1. The van der Waals surface area contributed by atoms with Gasteiger partial charge in [-0.3, -0.25) is 9.59 Å². The maximum absolute atomic E-state index is 14.7. The van der Waals surface area contributed by atoms with E-state index in [9.17, 15) is 28.3 Å². The Balaban J connectivity index is 1.87. The molecule has 0 unspecified atom stereocenters. The Labute approximate surface area is 227 Å². The lowest BCUT2D eigenvalue weighted by atomic mass is 10.1. The minimum absolute atomic E-state index is 0.00718. The molecule has 0 radical (unpaired) electrons. The van der Waals surface area contributed by atoms with Gasteiger partial charge in [-0.25, -0.2) is 18.6 Å². The summed E-state index contributed by atoms with van der Waals surface area (Å²) >= 11 is 1.92. The van der Waals surface area contributed by atoms with Crippen LogP contribution >= 0.6 is 22.6 Å². The van der Waals surface area contributed by atoms with Crippen molar-refractivity contribution in [2.24, 2.45) is 18.5 Å². The smallest absolute Gasteiger partial charge is 0.354 e. The number of nitrogens with two attached hydrogens (primary N) is 2. The number of carboxylic acid groups (broad SMARTS) is 1. The van der Waals surface area contributed by atoms with Gasteiger partial charge in [-0.15, -0.1) is 0 Å². The molecular weight excluding hydrogens is 615 g/mol. The van der Waals surface area contributed by atoms with Gasteiger partial charge in [0, 0.05) is 22.2 Å². The minimum atomic E-state index is -1.23. The summed E-state index contributed by atoms with van der Waals surface area (Å²) < 4.78 is 37.0. The standard InChI is InChI=1S/C25H18F2IN5O5/c1-33-18(25(36)37)10-31-24(33)14-4-2-11(22(29)34)6-19(14)38-20-8-12(26)7-17(21(20)23(30)35)32-16-5-3-13(28)9-15(16)27/h2-10,32H,1H3,(H2,29,34)(H2,30,35)(H,36,37). The van der Waals surface area contributed by atoms with Gasteiger partial charge in [0.15, 0.2) is 0 Å². The van der Waals surface area contributed by atoms with Crippen LogP contribution in [0, 0.1) is 15.2 Å². The summed E-state index contributed by atoms with van der Waals surface area (Å²) in [6.07, 6.45) is 1.12. The number of aromatic nitrogens is 2. The molecule has 1 heterocycles. The van der Waals surface area contributed by atoms with Crippen molar-refractivity contribution in [3.05, 3.63) is 86.8 Å². The Morgan fingerprint density at radius 3 is 2.34 bits per heavy atom. The van der Waals surface area contributed by atoms with Crippen molar-refractivity contribution in [3.8, 4) is 22.9 Å². The molecule has 0 bridgehead atoms. The summed E-state index contributed by atoms with van der Waals surface area (Å²) in [5, 5.41) is 12.0. The molecule has 38 heavy (non-hydrogen) atoms. The summed E-state index contributed by atoms with van der Waals surface area (Å²) in [5.74, 6) is -4.90. The van der Waals surface area contributed by atoms with Crippen LogP contribution in [0.2, 0.25) is 0 Å². The Kier molecular flexibility index (Phi) is 7.30. The van der Waals surface area contributed by atoms with Crippen molar-refractivity contribution >= 4 is 51.7 Å². The SMILES string of the molecule is Cn1c(C(=O)O)cnc1-c1ccc(C(N)=O)cc1Oc1cc(F)cc(Nc2ccc(I)cc2F)c1C(N)=O. The Morgan fingerprint density at radius 1 is 1.00 bits per heavy atom. The summed E-state index contributed by atoms with van der Waals surface area (Å²) in [7, 11) is 1.45. The second kappa shape index (κ2) is 10.5. The van der Waals surface area contributed by atoms with Crippen molar-refractivity contribution in [2.45, 2.75) is 0 Å². The quantitative estimate of drug-likeness (QED) is 0.209. The largest absolute Gasteiger partial charge is 0.477 e. The molecule has 0 aliphatic carbocycles. The zero-order valence-electron chi connectivity index (χ0n) is 19.5. The van der Waals surface area contributed by atoms with Gasteiger partial charge in [0.1, 0.15) is 40.2 Å². The summed E-state index contributed by atoms with van der Waals surface area (Å²) in [6.45, 7) is 0. The number of nitrogens with one attached hydrogen (secondary N) is 1. The number of primary amides is 2. The molecule has 0 aliphatic heterocycles. The van der Waals surface area contributed by atoms with E-state index >= 15 is 0 Å². The fourth-order valence-electron chi connectivity index (χ4n) is 3.67. The second-order valence-electron chi connectivity index (χ2n) is 7.95. The monoisotopic (exact) mass is 633 g/mol. The fourth-order valence-corrected chi connectivity index (χ4v) is 4.13. The summed E-state index contributed by atoms with van der Waals surface area (Å²) in [5.41, 5.74) is 10.5. The molecule has 0 atom stereocenters. The number of rotatable bonds is 8. The fraction of sp³-hybridized carbons (Fsp3) is 0.0400. The van der Waals surface area contributed by atoms with E-state index in [0.717, 1.165) is 18.3 Å². The lowest BCUT2D eigenvalue weighted by Crippen LogP contribution is -2.16. The first-order valence-electron chi connectivity index (χ1n) is 10.7. The number of carbonyl (C=O) groups excluding carboxylic acids is 2. The molecule has 6 N–H and O–H groups in total. The van der Waals surface area contributed by atoms with Crippen LogP contribution in [0.5, 0.6) is 11.5 Å². The van der Waals surface area contributed by atoms with Gasteiger partial charge in [-0.2, -0.15) is 0 Å². The number of anilines is 2. The third-order valence-corrected chi connectivity index (χ3v) is 6.12. The minimum Gasteiger partial charge on any atom is -0.477 e. The zero-order chi connectivity index (χ0) is 27.7. The van der Waals surface area contributed by atoms with Gasteiger partial charge in [0.05, 0.1) is 23.1 Å². The average molecular weight is 633 g/mol. The van der Waals surface area contributed by atoms with E-state index in [4.69, 9.17) is 16.2 Å². The van der Waals surface area contributed by atoms with E-state index in [2.05, 4.69) is 10.3 Å². The van der Waals surface area contributed by atoms with Crippen LogP contribution in [-0.4, -0.2) is 32.4 Å². The number of amides is 2. The number of hydrogen-bond acceptors (Lipinski definition) is 6. The van der Waals surface area contributed by atoms with E-state index < -0.39 is 29.4 Å². The number of halogens is 3. The molecular formula is C25H18F2IN5O5. The van der Waals surface area contributed by atoms with E-state index in [1.807, 2.05) is 22.6 Å². The molecule has 0 fully saturated rings. The third kappa shape index (κ3) is 5.27. The van der Waals surface area contributed by atoms with E-state index in [-0.39, 0.29) is 51.1 Å². The highest BCUT2D eigenvalue weighted by atomic mass is 127. The Bertz CT molecular complexity index is 1620. The third-order valence-electron chi connectivity index (χ3n) is 5.45. The maximum atomic E-state index is 14.7. The van der Waals surface area contributed by atoms with Gasteiger partial charge in [0.25, 0.3) is 5.91 Å². The first-order valence-corrected chi connectivity index (χ1v) is 11.8. The second-order valence-corrected chi connectivity index (χ2v) is 9.19. The summed E-state index contributed by atoms with van der Waals surface area (Å²) in [4.78, 5) is 39.9. The molecule has 4 aromatic rings. The molecule has 3 aromatic carbocycles. The van der Waals surface area contributed by atoms with Gasteiger partial charge in [-0.1, -0.05) is 0 Å². The van der Waals surface area contributed by atoms with Crippen LogP contribution in [-0.2, 0) is 7.05 Å². The van der Waals surface area contributed by atoms with Crippen LogP contribution < -0.4 is 21.5 Å². The van der Waals surface area contributed by atoms with Crippen molar-refractivity contribution in [3.63, 3.8) is 0 Å². The number of benzene rings is 3. The van der Waals surface area contributed by atoms with Crippen LogP contribution in [0.3, 0.4) is 0 Å². The highest BCUT2D eigenvalue weighted by Crippen LogP contribution is 2.38. The van der Waals surface area contributed by atoms with Crippen molar-refractivity contribution in [2.75, 3.05) is 5.32 Å². The number of aromatic carboxylic acids is 1. The first-order chi connectivity index (χ1) is 18.0. The highest BCUT2D eigenvalue weighted by Gasteiger charge is 2.23. The van der Waals surface area contributed by atoms with Crippen LogP contribution in [0.4, 0.5) is 20.2 Å². The van der Waals surface area contributed by atoms with Crippen LogP contribution in [0.25, 0.3) is 11.4 Å². The van der Waals surface area contributed by atoms with Gasteiger partial charge >= 0.3 is 5.97 Å². The van der Waals surface area contributed by atoms with Crippen molar-refractivity contribution in [1.29, 1.82) is 0 Å². The lowest BCUT2D eigenvalue weighted by molar-refractivity contribution is 0.0686. The van der Waals surface area contributed by atoms with E-state index in [1.54, 1.807) is 6.07 Å². The van der Waals surface area contributed by atoms with Gasteiger partial charge in [0.2, 0.25) is 5.91 Å². The van der Waals surface area contributed by atoms with Crippen LogP contribution in [0.1, 0.15) is 31.2 Å².